The molecule has 5 heteroatoms. The Bertz CT molecular complexity index is 367. The van der Waals surface area contributed by atoms with E-state index in [4.69, 9.17) is 5.73 Å². The Balaban J connectivity index is 2.26. The molecule has 1 aliphatic heterocycles. The van der Waals surface area contributed by atoms with Crippen molar-refractivity contribution in [2.24, 2.45) is 0 Å². The van der Waals surface area contributed by atoms with Crippen LogP contribution < -0.4 is 16.2 Å². The van der Waals surface area contributed by atoms with Gasteiger partial charge in [0.05, 0.1) is 0 Å². The molecule has 0 spiro atoms. The Labute approximate surface area is 82.0 Å². The quantitative estimate of drug-likeness (QED) is 0.676. The molecule has 0 saturated carbocycles. The summed E-state index contributed by atoms with van der Waals surface area (Å²) in [5.41, 5.74) is 5.29. The van der Waals surface area contributed by atoms with Gasteiger partial charge in [-0.15, -0.1) is 0 Å². The van der Waals surface area contributed by atoms with E-state index in [0.717, 1.165) is 25.9 Å². The zero-order chi connectivity index (χ0) is 9.97. The number of rotatable bonds is 1. The van der Waals surface area contributed by atoms with Crippen LogP contribution in [0.15, 0.2) is 10.9 Å². The molecule has 0 atom stereocenters. The smallest absolute Gasteiger partial charge is 0.254 e. The molecule has 1 saturated heterocycles. The van der Waals surface area contributed by atoms with Gasteiger partial charge in [-0.3, -0.25) is 9.78 Å². The van der Waals surface area contributed by atoms with Crippen LogP contribution in [0.2, 0.25) is 0 Å². The van der Waals surface area contributed by atoms with Gasteiger partial charge in [-0.25, -0.2) is 0 Å². The van der Waals surface area contributed by atoms with E-state index in [2.05, 4.69) is 14.9 Å². The number of H-pyrrole nitrogens is 1. The fourth-order valence-corrected chi connectivity index (χ4v) is 1.75. The summed E-state index contributed by atoms with van der Waals surface area (Å²) in [5, 5.41) is 0. The van der Waals surface area contributed by atoms with Gasteiger partial charge < -0.3 is 10.6 Å². The summed E-state index contributed by atoms with van der Waals surface area (Å²) in [5.74, 6) is 0.893. The van der Waals surface area contributed by atoms with Gasteiger partial charge in [0.25, 0.3) is 5.56 Å². The molecule has 0 aromatic carbocycles. The van der Waals surface area contributed by atoms with Crippen molar-refractivity contribution in [3.05, 3.63) is 16.4 Å². The van der Waals surface area contributed by atoms with Crippen LogP contribution in [0.3, 0.4) is 0 Å². The lowest BCUT2D eigenvalue weighted by atomic mass is 10.1. The summed E-state index contributed by atoms with van der Waals surface area (Å²) in [6, 6.07) is 1.50. The first-order valence-corrected chi connectivity index (χ1v) is 4.87. The van der Waals surface area contributed by atoms with Gasteiger partial charge in [0.1, 0.15) is 5.82 Å². The molecule has 0 amide bonds. The molecule has 76 valence electrons. The lowest BCUT2D eigenvalue weighted by Gasteiger charge is -2.27. The Hall–Kier alpha value is -1.52. The normalized spacial score (nSPS) is 17.0. The van der Waals surface area contributed by atoms with Crippen LogP contribution in [0.25, 0.3) is 0 Å². The first-order valence-electron chi connectivity index (χ1n) is 4.87. The minimum Gasteiger partial charge on any atom is -0.369 e. The zero-order valence-corrected chi connectivity index (χ0v) is 7.99. The molecular formula is C9H14N4O. The summed E-state index contributed by atoms with van der Waals surface area (Å²) in [6.07, 6.45) is 3.58. The van der Waals surface area contributed by atoms with Crippen molar-refractivity contribution >= 4 is 11.8 Å². The molecule has 5 nitrogen and oxygen atoms in total. The number of piperidine rings is 1. The van der Waals surface area contributed by atoms with Crippen LogP contribution in [0.1, 0.15) is 19.3 Å². The molecule has 1 aliphatic rings. The molecule has 0 bridgehead atoms. The van der Waals surface area contributed by atoms with Crippen molar-refractivity contribution in [2.75, 3.05) is 23.7 Å². The molecule has 2 heterocycles. The Morgan fingerprint density at radius 2 is 2.07 bits per heavy atom. The van der Waals surface area contributed by atoms with Gasteiger partial charge in [-0.05, 0) is 19.3 Å². The van der Waals surface area contributed by atoms with Crippen LogP contribution in [0.4, 0.5) is 11.8 Å². The van der Waals surface area contributed by atoms with Crippen molar-refractivity contribution in [3.63, 3.8) is 0 Å². The Morgan fingerprint density at radius 3 is 2.71 bits per heavy atom. The van der Waals surface area contributed by atoms with Gasteiger partial charge in [-0.1, -0.05) is 0 Å². The van der Waals surface area contributed by atoms with Crippen molar-refractivity contribution in [1.29, 1.82) is 0 Å². The third kappa shape index (κ3) is 1.86. The van der Waals surface area contributed by atoms with Gasteiger partial charge in [0.15, 0.2) is 0 Å². The van der Waals surface area contributed by atoms with E-state index in [-0.39, 0.29) is 11.5 Å². The van der Waals surface area contributed by atoms with Crippen molar-refractivity contribution in [1.82, 2.24) is 9.97 Å². The first-order chi connectivity index (χ1) is 6.75. The monoisotopic (exact) mass is 194 g/mol. The number of hydrogen-bond acceptors (Lipinski definition) is 4. The molecular weight excluding hydrogens is 180 g/mol. The Kier molecular flexibility index (Phi) is 2.39. The third-order valence-electron chi connectivity index (χ3n) is 2.43. The average Bonchev–Trinajstić information content (AvgIpc) is 2.18. The first kappa shape index (κ1) is 9.05. The number of nitrogens with one attached hydrogen (secondary N) is 1. The van der Waals surface area contributed by atoms with Crippen molar-refractivity contribution in [2.45, 2.75) is 19.3 Å². The standard InChI is InChI=1S/C9H14N4O/c10-9-11-7(6-8(14)12-9)13-4-2-1-3-5-13/h6H,1-5H2,(H3,10,11,12,14). The lowest BCUT2D eigenvalue weighted by Crippen LogP contribution is -2.31. The highest BCUT2D eigenvalue weighted by Gasteiger charge is 2.12. The highest BCUT2D eigenvalue weighted by molar-refractivity contribution is 5.41. The van der Waals surface area contributed by atoms with Gasteiger partial charge in [0, 0.05) is 19.2 Å². The van der Waals surface area contributed by atoms with E-state index in [1.54, 1.807) is 0 Å². The number of hydrogen-bond donors (Lipinski definition) is 2. The summed E-state index contributed by atoms with van der Waals surface area (Å²) in [4.78, 5) is 19.8. The largest absolute Gasteiger partial charge is 0.369 e. The predicted molar refractivity (Wildman–Crippen MR) is 55.3 cm³/mol. The number of aromatic nitrogens is 2. The second-order valence-corrected chi connectivity index (χ2v) is 3.54. The topological polar surface area (TPSA) is 75.0 Å². The van der Waals surface area contributed by atoms with Crippen LogP contribution in [0.5, 0.6) is 0 Å². The number of nitrogens with two attached hydrogens (primary N) is 1. The fraction of sp³-hybridized carbons (Fsp3) is 0.556. The maximum absolute atomic E-state index is 11.2. The second-order valence-electron chi connectivity index (χ2n) is 3.54. The highest BCUT2D eigenvalue weighted by Crippen LogP contribution is 2.15. The van der Waals surface area contributed by atoms with E-state index in [1.165, 1.54) is 12.5 Å². The molecule has 2 rings (SSSR count). The summed E-state index contributed by atoms with van der Waals surface area (Å²) in [6.45, 7) is 1.94. The summed E-state index contributed by atoms with van der Waals surface area (Å²) in [7, 11) is 0. The van der Waals surface area contributed by atoms with Gasteiger partial charge in [-0.2, -0.15) is 4.98 Å². The van der Waals surface area contributed by atoms with E-state index < -0.39 is 0 Å². The predicted octanol–water partition coefficient (Wildman–Crippen LogP) is 0.342. The van der Waals surface area contributed by atoms with Crippen molar-refractivity contribution in [3.8, 4) is 0 Å². The minimum atomic E-state index is -0.182. The fourth-order valence-electron chi connectivity index (χ4n) is 1.75. The van der Waals surface area contributed by atoms with Crippen LogP contribution in [0, 0.1) is 0 Å². The molecule has 0 radical (unpaired) electrons. The molecule has 1 aromatic heterocycles. The van der Waals surface area contributed by atoms with Crippen molar-refractivity contribution < 1.29 is 0 Å². The Morgan fingerprint density at radius 1 is 1.36 bits per heavy atom. The van der Waals surface area contributed by atoms with Crippen LogP contribution >= 0.6 is 0 Å². The minimum absolute atomic E-state index is 0.182. The van der Waals surface area contributed by atoms with E-state index >= 15 is 0 Å². The molecule has 3 N–H and O–H groups in total. The maximum Gasteiger partial charge on any atom is 0.254 e. The van der Waals surface area contributed by atoms with E-state index in [9.17, 15) is 4.79 Å². The average molecular weight is 194 g/mol. The maximum atomic E-state index is 11.2. The lowest BCUT2D eigenvalue weighted by molar-refractivity contribution is 0.573. The van der Waals surface area contributed by atoms with Gasteiger partial charge >= 0.3 is 0 Å². The zero-order valence-electron chi connectivity index (χ0n) is 7.99. The number of nitrogen functional groups attached to an aromatic ring is 1. The van der Waals surface area contributed by atoms with Crippen LogP contribution in [-0.4, -0.2) is 23.1 Å². The molecule has 14 heavy (non-hydrogen) atoms. The summed E-state index contributed by atoms with van der Waals surface area (Å²) < 4.78 is 0. The summed E-state index contributed by atoms with van der Waals surface area (Å²) >= 11 is 0. The molecule has 1 aromatic rings. The molecule has 0 aliphatic carbocycles. The number of aromatic amines is 1. The molecule has 0 unspecified atom stereocenters. The number of anilines is 2. The van der Waals surface area contributed by atoms with Crippen LogP contribution in [-0.2, 0) is 0 Å². The SMILES string of the molecule is Nc1nc(N2CCCCC2)cc(=O)[nH]1. The molecule has 1 fully saturated rings. The second kappa shape index (κ2) is 3.69. The third-order valence-corrected chi connectivity index (χ3v) is 2.43. The number of nitrogens with zero attached hydrogens (tertiary/aromatic N) is 2. The highest BCUT2D eigenvalue weighted by atomic mass is 16.1. The van der Waals surface area contributed by atoms with E-state index in [0.29, 0.717) is 5.82 Å². The van der Waals surface area contributed by atoms with E-state index in [1.807, 2.05) is 0 Å². The van der Waals surface area contributed by atoms with Gasteiger partial charge in [0.2, 0.25) is 5.95 Å².